The summed E-state index contributed by atoms with van der Waals surface area (Å²) in [4.78, 5) is 27.4. The molecule has 2 aliphatic rings. The molecule has 0 radical (unpaired) electrons. The van der Waals surface area contributed by atoms with Crippen LogP contribution in [0.15, 0.2) is 0 Å². The number of primary amides is 1. The van der Waals surface area contributed by atoms with Crippen LogP contribution in [-0.2, 0) is 9.59 Å². The molecule has 0 aromatic heterocycles. The van der Waals surface area contributed by atoms with Crippen molar-refractivity contribution in [2.24, 2.45) is 11.7 Å². The van der Waals surface area contributed by atoms with E-state index >= 15 is 0 Å². The van der Waals surface area contributed by atoms with E-state index in [1.54, 1.807) is 0 Å². The van der Waals surface area contributed by atoms with Crippen molar-refractivity contribution in [3.63, 3.8) is 0 Å². The Balaban J connectivity index is 2.09. The minimum atomic E-state index is -0.344. The van der Waals surface area contributed by atoms with Gasteiger partial charge < -0.3 is 15.5 Å². The van der Waals surface area contributed by atoms with Gasteiger partial charge in [-0.1, -0.05) is 12.8 Å². The van der Waals surface area contributed by atoms with Crippen LogP contribution in [0.3, 0.4) is 0 Å². The molecule has 0 bridgehead atoms. The minimum absolute atomic E-state index is 0.0950. The average Bonchev–Trinajstić information content (AvgIpc) is 2.71. The number of carbonyl (C=O) groups excluding carboxylic acids is 2. The Morgan fingerprint density at radius 3 is 2.56 bits per heavy atom. The number of likely N-dealkylation sites (N-methyl/N-ethyl adjacent to an activating group) is 1. The molecule has 3 atom stereocenters. The molecule has 1 heterocycles. The van der Waals surface area contributed by atoms with Crippen molar-refractivity contribution in [3.05, 3.63) is 0 Å². The number of nitrogens with two attached hydrogens (primary N) is 1. The lowest BCUT2D eigenvalue weighted by molar-refractivity contribution is -0.131. The Bertz CT molecular complexity index is 343. The molecule has 5 heteroatoms. The van der Waals surface area contributed by atoms with Gasteiger partial charge in [0, 0.05) is 25.0 Å². The third kappa shape index (κ3) is 2.51. The molecule has 0 spiro atoms. The standard InChI is InChI=1S/C13H23N3O2/c1-15(2)10-5-3-4-6-11(10)16-8-9(13(14)18)7-12(16)17/h9-11H,3-8H2,1-2H3,(H2,14,18)/t9?,10-,11-/m0/s1. The summed E-state index contributed by atoms with van der Waals surface area (Å²) in [5.74, 6) is -0.539. The second kappa shape index (κ2) is 5.26. The minimum Gasteiger partial charge on any atom is -0.369 e. The first-order valence-corrected chi connectivity index (χ1v) is 6.76. The molecule has 2 N–H and O–H groups in total. The van der Waals surface area contributed by atoms with E-state index in [9.17, 15) is 9.59 Å². The fourth-order valence-electron chi connectivity index (χ4n) is 3.30. The van der Waals surface area contributed by atoms with Crippen LogP contribution in [0.1, 0.15) is 32.1 Å². The lowest BCUT2D eigenvalue weighted by Gasteiger charge is -2.41. The van der Waals surface area contributed by atoms with Gasteiger partial charge in [0.15, 0.2) is 0 Å². The SMILES string of the molecule is CN(C)[C@H]1CCCC[C@@H]1N1CC(C(N)=O)CC1=O. The molecular weight excluding hydrogens is 230 g/mol. The van der Waals surface area contributed by atoms with Crippen molar-refractivity contribution in [3.8, 4) is 0 Å². The predicted octanol–water partition coefficient (Wildman–Crippen LogP) is 0.193. The lowest BCUT2D eigenvalue weighted by Crippen LogP contribution is -2.52. The smallest absolute Gasteiger partial charge is 0.223 e. The summed E-state index contributed by atoms with van der Waals surface area (Å²) >= 11 is 0. The van der Waals surface area contributed by atoms with Crippen molar-refractivity contribution in [2.75, 3.05) is 20.6 Å². The number of carbonyl (C=O) groups is 2. The van der Waals surface area contributed by atoms with E-state index in [2.05, 4.69) is 19.0 Å². The molecule has 1 unspecified atom stereocenters. The molecule has 2 amide bonds. The highest BCUT2D eigenvalue weighted by atomic mass is 16.2. The molecule has 0 aromatic rings. The van der Waals surface area contributed by atoms with Gasteiger partial charge in [0.1, 0.15) is 0 Å². The second-order valence-electron chi connectivity index (χ2n) is 5.73. The normalized spacial score (nSPS) is 33.2. The van der Waals surface area contributed by atoms with Crippen molar-refractivity contribution < 1.29 is 9.59 Å². The Labute approximate surface area is 108 Å². The van der Waals surface area contributed by atoms with E-state index in [1.807, 2.05) is 4.90 Å². The van der Waals surface area contributed by atoms with Crippen molar-refractivity contribution in [1.82, 2.24) is 9.80 Å². The molecule has 1 aliphatic carbocycles. The molecule has 2 fully saturated rings. The molecule has 1 saturated heterocycles. The van der Waals surface area contributed by atoms with E-state index in [-0.39, 0.29) is 23.8 Å². The van der Waals surface area contributed by atoms with Gasteiger partial charge in [-0.2, -0.15) is 0 Å². The average molecular weight is 253 g/mol. The van der Waals surface area contributed by atoms with Gasteiger partial charge in [-0.05, 0) is 26.9 Å². The van der Waals surface area contributed by atoms with E-state index in [4.69, 9.17) is 5.73 Å². The van der Waals surface area contributed by atoms with Crippen molar-refractivity contribution >= 4 is 11.8 Å². The maximum absolute atomic E-state index is 12.1. The highest BCUT2D eigenvalue weighted by Gasteiger charge is 2.41. The van der Waals surface area contributed by atoms with E-state index in [0.29, 0.717) is 19.0 Å². The van der Waals surface area contributed by atoms with Crippen LogP contribution in [0.4, 0.5) is 0 Å². The quantitative estimate of drug-likeness (QED) is 0.781. The Morgan fingerprint density at radius 2 is 2.00 bits per heavy atom. The summed E-state index contributed by atoms with van der Waals surface area (Å²) < 4.78 is 0. The second-order valence-corrected chi connectivity index (χ2v) is 5.73. The summed E-state index contributed by atoms with van der Waals surface area (Å²) in [6.07, 6.45) is 4.86. The summed E-state index contributed by atoms with van der Waals surface area (Å²) in [6, 6.07) is 0.667. The molecule has 1 aliphatic heterocycles. The van der Waals surface area contributed by atoms with Crippen LogP contribution in [0.25, 0.3) is 0 Å². The Kier molecular flexibility index (Phi) is 3.90. The van der Waals surface area contributed by atoms with E-state index < -0.39 is 0 Å². The third-order valence-corrected chi connectivity index (χ3v) is 4.32. The number of likely N-dealkylation sites (tertiary alicyclic amines) is 1. The molecule has 1 saturated carbocycles. The van der Waals surface area contributed by atoms with Crippen LogP contribution in [0.5, 0.6) is 0 Å². The highest BCUT2D eigenvalue weighted by molar-refractivity contribution is 5.88. The first-order valence-electron chi connectivity index (χ1n) is 6.76. The van der Waals surface area contributed by atoms with Crippen molar-refractivity contribution in [1.29, 1.82) is 0 Å². The number of hydrogen-bond acceptors (Lipinski definition) is 3. The maximum Gasteiger partial charge on any atom is 0.223 e. The number of hydrogen-bond donors (Lipinski definition) is 1. The summed E-state index contributed by atoms with van der Waals surface area (Å²) in [5, 5.41) is 0. The monoisotopic (exact) mass is 253 g/mol. The summed E-state index contributed by atoms with van der Waals surface area (Å²) in [7, 11) is 4.13. The van der Waals surface area contributed by atoms with Gasteiger partial charge in [-0.25, -0.2) is 0 Å². The zero-order valence-electron chi connectivity index (χ0n) is 11.3. The molecule has 102 valence electrons. The zero-order chi connectivity index (χ0) is 13.3. The van der Waals surface area contributed by atoms with Crippen LogP contribution in [0.2, 0.25) is 0 Å². The molecule has 5 nitrogen and oxygen atoms in total. The highest BCUT2D eigenvalue weighted by Crippen LogP contribution is 2.30. The van der Waals surface area contributed by atoms with Crippen LogP contribution in [-0.4, -0.2) is 54.3 Å². The third-order valence-electron chi connectivity index (χ3n) is 4.32. The molecular formula is C13H23N3O2. The fourth-order valence-corrected chi connectivity index (χ4v) is 3.30. The first-order chi connectivity index (χ1) is 8.50. The van der Waals surface area contributed by atoms with E-state index in [0.717, 1.165) is 12.8 Å². The maximum atomic E-state index is 12.1. The fraction of sp³-hybridized carbons (Fsp3) is 0.846. The topological polar surface area (TPSA) is 66.6 Å². The zero-order valence-corrected chi connectivity index (χ0v) is 11.3. The van der Waals surface area contributed by atoms with Gasteiger partial charge in [-0.15, -0.1) is 0 Å². The first kappa shape index (κ1) is 13.3. The number of rotatable bonds is 3. The Hall–Kier alpha value is -1.10. The van der Waals surface area contributed by atoms with Crippen LogP contribution < -0.4 is 5.73 Å². The van der Waals surface area contributed by atoms with E-state index in [1.165, 1.54) is 12.8 Å². The van der Waals surface area contributed by atoms with Crippen LogP contribution in [0, 0.1) is 5.92 Å². The van der Waals surface area contributed by atoms with Gasteiger partial charge in [-0.3, -0.25) is 9.59 Å². The lowest BCUT2D eigenvalue weighted by atomic mass is 9.88. The molecule has 18 heavy (non-hydrogen) atoms. The van der Waals surface area contributed by atoms with Gasteiger partial charge in [0.25, 0.3) is 0 Å². The number of amides is 2. The van der Waals surface area contributed by atoms with Gasteiger partial charge in [0.2, 0.25) is 11.8 Å². The van der Waals surface area contributed by atoms with Crippen LogP contribution >= 0.6 is 0 Å². The summed E-state index contributed by atoms with van der Waals surface area (Å²) in [5.41, 5.74) is 5.32. The van der Waals surface area contributed by atoms with Crippen molar-refractivity contribution in [2.45, 2.75) is 44.2 Å². The molecule has 2 rings (SSSR count). The molecule has 0 aromatic carbocycles. The largest absolute Gasteiger partial charge is 0.369 e. The Morgan fingerprint density at radius 1 is 1.33 bits per heavy atom. The predicted molar refractivity (Wildman–Crippen MR) is 68.7 cm³/mol. The van der Waals surface area contributed by atoms with Gasteiger partial charge >= 0.3 is 0 Å². The van der Waals surface area contributed by atoms with Gasteiger partial charge in [0.05, 0.1) is 5.92 Å². The number of nitrogens with zero attached hydrogens (tertiary/aromatic N) is 2. The summed E-state index contributed by atoms with van der Waals surface area (Å²) in [6.45, 7) is 0.517.